The van der Waals surface area contributed by atoms with E-state index in [0.717, 1.165) is 12.8 Å². The molecule has 1 aromatic heterocycles. The molecule has 1 aromatic rings. The number of piperazine rings is 1. The fraction of sp³-hybridized carbons (Fsp3) is 0.650. The van der Waals surface area contributed by atoms with E-state index in [0.29, 0.717) is 70.7 Å². The lowest BCUT2D eigenvalue weighted by molar-refractivity contribution is -0.131. The van der Waals surface area contributed by atoms with Gasteiger partial charge in [-0.2, -0.15) is 0 Å². The summed E-state index contributed by atoms with van der Waals surface area (Å²) in [4.78, 5) is 42.7. The highest BCUT2D eigenvalue weighted by molar-refractivity contribution is 5.80. The summed E-state index contributed by atoms with van der Waals surface area (Å²) in [5.41, 5.74) is 5.98. The summed E-state index contributed by atoms with van der Waals surface area (Å²) < 4.78 is 5.02. The molecule has 0 aromatic carbocycles. The first-order valence-corrected chi connectivity index (χ1v) is 10.8. The van der Waals surface area contributed by atoms with Crippen molar-refractivity contribution in [3.63, 3.8) is 0 Å². The molecule has 2 saturated heterocycles. The summed E-state index contributed by atoms with van der Waals surface area (Å²) in [6.07, 6.45) is 5.07. The Hall–Kier alpha value is -3.11. The van der Waals surface area contributed by atoms with Gasteiger partial charge in [-0.25, -0.2) is 14.8 Å². The molecule has 3 rings (SSSR count). The lowest BCUT2D eigenvalue weighted by atomic mass is 10.1. The van der Waals surface area contributed by atoms with Gasteiger partial charge in [0.05, 0.1) is 13.2 Å². The number of anilines is 1. The van der Waals surface area contributed by atoms with Crippen LogP contribution in [0.1, 0.15) is 26.2 Å². The molecule has 2 aliphatic heterocycles. The summed E-state index contributed by atoms with van der Waals surface area (Å²) in [5, 5.41) is 3.19. The van der Waals surface area contributed by atoms with Gasteiger partial charge in [0.2, 0.25) is 11.9 Å². The number of nitrogens with zero attached hydrogens (tertiary/aromatic N) is 6. The lowest BCUT2D eigenvalue weighted by Gasteiger charge is -2.34. The molecular weight excluding hydrogens is 400 g/mol. The zero-order valence-corrected chi connectivity index (χ0v) is 18.1. The van der Waals surface area contributed by atoms with Crippen LogP contribution in [0.15, 0.2) is 23.5 Å². The molecule has 3 heterocycles. The number of piperidine rings is 1. The molecule has 0 saturated carbocycles. The minimum atomic E-state index is -0.266. The summed E-state index contributed by atoms with van der Waals surface area (Å²) >= 11 is 0. The van der Waals surface area contributed by atoms with Crippen molar-refractivity contribution in [1.29, 1.82) is 0 Å². The number of aliphatic imine (C=N–C) groups is 1. The van der Waals surface area contributed by atoms with Gasteiger partial charge in [0.15, 0.2) is 5.96 Å². The highest BCUT2D eigenvalue weighted by Crippen LogP contribution is 2.12. The zero-order valence-electron chi connectivity index (χ0n) is 18.1. The normalized spacial score (nSPS) is 18.1. The average Bonchev–Trinajstić information content (AvgIpc) is 2.80. The first-order chi connectivity index (χ1) is 15.1. The quantitative estimate of drug-likeness (QED) is 0.476. The van der Waals surface area contributed by atoms with Gasteiger partial charge >= 0.3 is 6.09 Å². The van der Waals surface area contributed by atoms with Crippen LogP contribution in [0.4, 0.5) is 10.7 Å². The topological polar surface area (TPSA) is 129 Å². The Morgan fingerprint density at radius 3 is 2.45 bits per heavy atom. The van der Waals surface area contributed by atoms with E-state index in [1.807, 2.05) is 4.90 Å². The van der Waals surface area contributed by atoms with Crippen molar-refractivity contribution in [2.75, 3.05) is 57.3 Å². The fourth-order valence-corrected chi connectivity index (χ4v) is 3.72. The third-order valence-electron chi connectivity index (χ3n) is 5.45. The summed E-state index contributed by atoms with van der Waals surface area (Å²) in [6, 6.07) is 1.95. The molecule has 3 N–H and O–H groups in total. The van der Waals surface area contributed by atoms with Gasteiger partial charge in [-0.3, -0.25) is 9.79 Å². The predicted molar refractivity (Wildman–Crippen MR) is 117 cm³/mol. The lowest BCUT2D eigenvalue weighted by Crippen LogP contribution is -2.49. The van der Waals surface area contributed by atoms with Crippen LogP contribution < -0.4 is 16.0 Å². The number of nitrogens with two attached hydrogens (primary N) is 1. The monoisotopic (exact) mass is 432 g/mol. The second-order valence-electron chi connectivity index (χ2n) is 7.54. The summed E-state index contributed by atoms with van der Waals surface area (Å²) in [6.45, 7) is 6.51. The van der Waals surface area contributed by atoms with E-state index in [2.05, 4.69) is 25.2 Å². The maximum Gasteiger partial charge on any atom is 0.409 e. The number of carbonyl (C=O) groups excluding carboxylic acids is 2. The van der Waals surface area contributed by atoms with E-state index >= 15 is 0 Å². The van der Waals surface area contributed by atoms with E-state index in [1.165, 1.54) is 0 Å². The van der Waals surface area contributed by atoms with Gasteiger partial charge in [0.1, 0.15) is 0 Å². The number of hydrogen-bond donors (Lipinski definition) is 2. The molecule has 0 aliphatic carbocycles. The number of hydrogen-bond acceptors (Lipinski definition) is 7. The molecule has 0 radical (unpaired) electrons. The second kappa shape index (κ2) is 11.3. The van der Waals surface area contributed by atoms with Crippen molar-refractivity contribution in [3.05, 3.63) is 18.5 Å². The molecule has 2 fully saturated rings. The number of rotatable bonds is 6. The molecule has 2 aliphatic rings. The van der Waals surface area contributed by atoms with Gasteiger partial charge < -0.3 is 30.5 Å². The van der Waals surface area contributed by atoms with E-state index < -0.39 is 0 Å². The van der Waals surface area contributed by atoms with Gasteiger partial charge in [-0.15, -0.1) is 0 Å². The number of nitrogens with one attached hydrogen (secondary N) is 1. The second-order valence-corrected chi connectivity index (χ2v) is 7.54. The average molecular weight is 433 g/mol. The SMILES string of the molecule is CCOC(=O)N1CCC(NC(N)=NCCC(=O)N2CCN(c3ncccn3)CC2)CC1. The number of aromatic nitrogens is 2. The van der Waals surface area contributed by atoms with Crippen LogP contribution in [0.2, 0.25) is 0 Å². The maximum absolute atomic E-state index is 12.5. The molecule has 11 nitrogen and oxygen atoms in total. The van der Waals surface area contributed by atoms with E-state index in [9.17, 15) is 9.59 Å². The Balaban J connectivity index is 1.33. The Labute approximate surface area is 182 Å². The Bertz CT molecular complexity index is 744. The van der Waals surface area contributed by atoms with Crippen LogP contribution in [0, 0.1) is 0 Å². The van der Waals surface area contributed by atoms with Crippen LogP contribution in [-0.4, -0.2) is 96.2 Å². The number of amides is 2. The fourth-order valence-electron chi connectivity index (χ4n) is 3.72. The number of likely N-dealkylation sites (tertiary alicyclic amines) is 1. The molecule has 31 heavy (non-hydrogen) atoms. The van der Waals surface area contributed by atoms with Crippen LogP contribution >= 0.6 is 0 Å². The standard InChI is InChI=1S/C20H32N8O3/c1-2-31-20(30)28-10-5-16(6-11-28)25-18(21)22-9-4-17(29)26-12-14-27(15-13-26)19-23-7-3-8-24-19/h3,7-8,16H,2,4-6,9-15H2,1H3,(H3,21,22,25). The number of ether oxygens (including phenoxy) is 1. The van der Waals surface area contributed by atoms with E-state index in [-0.39, 0.29) is 18.0 Å². The van der Waals surface area contributed by atoms with Crippen molar-refractivity contribution in [2.45, 2.75) is 32.2 Å². The molecular formula is C20H32N8O3. The van der Waals surface area contributed by atoms with Crippen molar-refractivity contribution in [1.82, 2.24) is 25.1 Å². The molecule has 0 bridgehead atoms. The molecule has 2 amide bonds. The van der Waals surface area contributed by atoms with Crippen LogP contribution in [0.5, 0.6) is 0 Å². The zero-order chi connectivity index (χ0) is 22.1. The van der Waals surface area contributed by atoms with Crippen molar-refractivity contribution >= 4 is 23.9 Å². The molecule has 0 atom stereocenters. The van der Waals surface area contributed by atoms with Gasteiger partial charge in [0.25, 0.3) is 0 Å². The summed E-state index contributed by atoms with van der Waals surface area (Å²) in [5.74, 6) is 1.12. The molecule has 0 spiro atoms. The van der Waals surface area contributed by atoms with E-state index in [4.69, 9.17) is 10.5 Å². The molecule has 11 heteroatoms. The summed E-state index contributed by atoms with van der Waals surface area (Å²) in [7, 11) is 0. The minimum Gasteiger partial charge on any atom is -0.450 e. The third-order valence-corrected chi connectivity index (χ3v) is 5.45. The largest absolute Gasteiger partial charge is 0.450 e. The van der Waals surface area contributed by atoms with Crippen LogP contribution in [-0.2, 0) is 9.53 Å². The predicted octanol–water partition coefficient (Wildman–Crippen LogP) is 0.0405. The maximum atomic E-state index is 12.5. The smallest absolute Gasteiger partial charge is 0.409 e. The Kier molecular flexibility index (Phi) is 8.25. The van der Waals surface area contributed by atoms with Gasteiger partial charge in [-0.05, 0) is 25.8 Å². The number of carbonyl (C=O) groups is 2. The highest BCUT2D eigenvalue weighted by Gasteiger charge is 2.24. The third kappa shape index (κ3) is 6.69. The highest BCUT2D eigenvalue weighted by atomic mass is 16.6. The van der Waals surface area contributed by atoms with Crippen LogP contribution in [0.25, 0.3) is 0 Å². The van der Waals surface area contributed by atoms with Crippen molar-refractivity contribution in [3.8, 4) is 0 Å². The first-order valence-electron chi connectivity index (χ1n) is 10.8. The van der Waals surface area contributed by atoms with Crippen molar-refractivity contribution in [2.24, 2.45) is 10.7 Å². The van der Waals surface area contributed by atoms with Gasteiger partial charge in [-0.1, -0.05) is 0 Å². The first kappa shape index (κ1) is 22.6. The van der Waals surface area contributed by atoms with Gasteiger partial charge in [0, 0.05) is 64.1 Å². The molecule has 0 unspecified atom stereocenters. The molecule has 170 valence electrons. The minimum absolute atomic E-state index is 0.0768. The van der Waals surface area contributed by atoms with Crippen LogP contribution in [0.3, 0.4) is 0 Å². The Morgan fingerprint density at radius 2 is 1.81 bits per heavy atom. The van der Waals surface area contributed by atoms with E-state index in [1.54, 1.807) is 30.3 Å². The Morgan fingerprint density at radius 1 is 1.13 bits per heavy atom. The number of guanidine groups is 1. The van der Waals surface area contributed by atoms with Crippen molar-refractivity contribution < 1.29 is 14.3 Å².